The van der Waals surface area contributed by atoms with Gasteiger partial charge >= 0.3 is 0 Å². The van der Waals surface area contributed by atoms with Gasteiger partial charge in [-0.3, -0.25) is 0 Å². The second-order valence-corrected chi connectivity index (χ2v) is 4.13. The molecule has 4 heteroatoms. The van der Waals surface area contributed by atoms with Crippen LogP contribution in [0.1, 0.15) is 0 Å². The summed E-state index contributed by atoms with van der Waals surface area (Å²) in [6.45, 7) is 0. The first-order chi connectivity index (χ1) is 8.65. The number of hydrogen-bond acceptors (Lipinski definition) is 2. The molecule has 94 valence electrons. The van der Waals surface area contributed by atoms with Crippen molar-refractivity contribution in [3.05, 3.63) is 47.2 Å². The highest BCUT2D eigenvalue weighted by Crippen LogP contribution is 2.38. The van der Waals surface area contributed by atoms with Crippen molar-refractivity contribution in [1.29, 1.82) is 0 Å². The van der Waals surface area contributed by atoms with Gasteiger partial charge in [0.1, 0.15) is 17.3 Å². The number of halogens is 2. The molecule has 0 amide bonds. The van der Waals surface area contributed by atoms with E-state index in [1.165, 1.54) is 19.2 Å². The summed E-state index contributed by atoms with van der Waals surface area (Å²) in [6.07, 6.45) is 0. The lowest BCUT2D eigenvalue weighted by atomic mass is 10.0. The Kier molecular flexibility index (Phi) is 3.72. The molecular formula is C14H12ClFO2. The van der Waals surface area contributed by atoms with Crippen LogP contribution in [0.2, 0.25) is 5.02 Å². The Morgan fingerprint density at radius 2 is 1.44 bits per heavy atom. The molecule has 2 rings (SSSR count). The number of hydrogen-bond donors (Lipinski definition) is 0. The maximum Gasteiger partial charge on any atom is 0.127 e. The molecule has 0 aliphatic carbocycles. The van der Waals surface area contributed by atoms with Crippen LogP contribution in [0.3, 0.4) is 0 Å². The molecule has 0 saturated carbocycles. The fraction of sp³-hybridized carbons (Fsp3) is 0.143. The van der Waals surface area contributed by atoms with Crippen LogP contribution in [-0.2, 0) is 0 Å². The molecule has 0 unspecified atom stereocenters. The van der Waals surface area contributed by atoms with E-state index in [1.54, 1.807) is 31.4 Å². The zero-order valence-corrected chi connectivity index (χ0v) is 10.8. The first kappa shape index (κ1) is 12.7. The summed E-state index contributed by atoms with van der Waals surface area (Å²) in [5, 5.41) is 0.553. The van der Waals surface area contributed by atoms with Gasteiger partial charge in [0.25, 0.3) is 0 Å². The highest BCUT2D eigenvalue weighted by atomic mass is 35.5. The van der Waals surface area contributed by atoms with E-state index < -0.39 is 0 Å². The van der Waals surface area contributed by atoms with Gasteiger partial charge in [0.2, 0.25) is 0 Å². The highest BCUT2D eigenvalue weighted by Gasteiger charge is 2.12. The molecule has 2 aromatic carbocycles. The van der Waals surface area contributed by atoms with E-state index in [0.717, 1.165) is 0 Å². The van der Waals surface area contributed by atoms with Crippen LogP contribution < -0.4 is 9.47 Å². The third-order valence-electron chi connectivity index (χ3n) is 2.61. The van der Waals surface area contributed by atoms with Crippen LogP contribution in [0.4, 0.5) is 4.39 Å². The summed E-state index contributed by atoms with van der Waals surface area (Å²) >= 11 is 5.97. The molecule has 18 heavy (non-hydrogen) atoms. The smallest absolute Gasteiger partial charge is 0.127 e. The maximum atomic E-state index is 13.4. The molecule has 0 N–H and O–H groups in total. The van der Waals surface area contributed by atoms with Crippen molar-refractivity contribution in [3.63, 3.8) is 0 Å². The molecule has 2 aromatic rings. The zero-order valence-electron chi connectivity index (χ0n) is 10.0. The van der Waals surface area contributed by atoms with Crippen LogP contribution in [0, 0.1) is 5.82 Å². The highest BCUT2D eigenvalue weighted by molar-refractivity contribution is 6.31. The number of ether oxygens (including phenoxy) is 2. The Hall–Kier alpha value is -1.74. The van der Waals surface area contributed by atoms with Crippen LogP contribution in [0.15, 0.2) is 36.4 Å². The van der Waals surface area contributed by atoms with Gasteiger partial charge in [0.05, 0.1) is 14.2 Å². The SMILES string of the molecule is COc1ccc(F)cc1-c1cc(Cl)ccc1OC. The van der Waals surface area contributed by atoms with Gasteiger partial charge in [-0.25, -0.2) is 4.39 Å². The standard InChI is InChI=1S/C14H12ClFO2/c1-17-13-5-3-9(15)7-11(13)12-8-10(16)4-6-14(12)18-2/h3-8H,1-2H3. The molecule has 0 aromatic heterocycles. The molecule has 0 fully saturated rings. The van der Waals surface area contributed by atoms with Crippen molar-refractivity contribution < 1.29 is 13.9 Å². The Morgan fingerprint density at radius 3 is 2.06 bits per heavy atom. The van der Waals surface area contributed by atoms with Gasteiger partial charge in [0, 0.05) is 16.1 Å². The Labute approximate surface area is 110 Å². The van der Waals surface area contributed by atoms with E-state index in [4.69, 9.17) is 21.1 Å². The second-order valence-electron chi connectivity index (χ2n) is 3.69. The normalized spacial score (nSPS) is 10.2. The van der Waals surface area contributed by atoms with Crippen molar-refractivity contribution in [1.82, 2.24) is 0 Å². The van der Waals surface area contributed by atoms with Gasteiger partial charge in [0.15, 0.2) is 0 Å². The summed E-state index contributed by atoms with van der Waals surface area (Å²) in [7, 11) is 3.09. The average Bonchev–Trinajstić information content (AvgIpc) is 2.38. The molecule has 0 aliphatic rings. The van der Waals surface area contributed by atoms with Gasteiger partial charge < -0.3 is 9.47 Å². The van der Waals surface area contributed by atoms with Crippen molar-refractivity contribution >= 4 is 11.6 Å². The largest absolute Gasteiger partial charge is 0.496 e. The summed E-state index contributed by atoms with van der Waals surface area (Å²) in [5.41, 5.74) is 1.30. The lowest BCUT2D eigenvalue weighted by Gasteiger charge is -2.12. The molecule has 0 aliphatic heterocycles. The first-order valence-corrected chi connectivity index (χ1v) is 5.71. The van der Waals surface area contributed by atoms with Gasteiger partial charge in [-0.15, -0.1) is 0 Å². The van der Waals surface area contributed by atoms with E-state index in [-0.39, 0.29) is 5.82 Å². The molecule has 0 atom stereocenters. The number of benzene rings is 2. The second kappa shape index (κ2) is 5.27. The fourth-order valence-corrected chi connectivity index (χ4v) is 1.95. The summed E-state index contributed by atoms with van der Waals surface area (Å²) in [6, 6.07) is 9.49. The lowest BCUT2D eigenvalue weighted by molar-refractivity contribution is 0.409. The number of rotatable bonds is 3. The van der Waals surface area contributed by atoms with Crippen LogP contribution in [0.5, 0.6) is 11.5 Å². The third-order valence-corrected chi connectivity index (χ3v) is 2.85. The van der Waals surface area contributed by atoms with Crippen molar-refractivity contribution in [2.45, 2.75) is 0 Å². The third kappa shape index (κ3) is 2.41. The Balaban J connectivity index is 2.67. The summed E-state index contributed by atoms with van der Waals surface area (Å²) < 4.78 is 23.9. The molecule has 0 radical (unpaired) electrons. The molecule has 0 bridgehead atoms. The van der Waals surface area contributed by atoms with Crippen molar-refractivity contribution in [3.8, 4) is 22.6 Å². The first-order valence-electron chi connectivity index (χ1n) is 5.33. The predicted octanol–water partition coefficient (Wildman–Crippen LogP) is 4.16. The minimum Gasteiger partial charge on any atom is -0.496 e. The maximum absolute atomic E-state index is 13.4. The van der Waals surface area contributed by atoms with Crippen LogP contribution in [-0.4, -0.2) is 14.2 Å². The van der Waals surface area contributed by atoms with E-state index >= 15 is 0 Å². The van der Waals surface area contributed by atoms with E-state index in [0.29, 0.717) is 27.6 Å². The van der Waals surface area contributed by atoms with Crippen molar-refractivity contribution in [2.75, 3.05) is 14.2 Å². The lowest BCUT2D eigenvalue weighted by Crippen LogP contribution is -1.92. The molecule has 0 spiro atoms. The minimum atomic E-state index is -0.340. The fourth-order valence-electron chi connectivity index (χ4n) is 1.78. The van der Waals surface area contributed by atoms with Gasteiger partial charge in [-0.05, 0) is 36.4 Å². The predicted molar refractivity (Wildman–Crippen MR) is 70.0 cm³/mol. The van der Waals surface area contributed by atoms with Crippen LogP contribution in [0.25, 0.3) is 11.1 Å². The molecule has 0 heterocycles. The monoisotopic (exact) mass is 266 g/mol. The molecular weight excluding hydrogens is 255 g/mol. The summed E-state index contributed by atoms with van der Waals surface area (Å²) in [5.74, 6) is 0.841. The van der Waals surface area contributed by atoms with Crippen molar-refractivity contribution in [2.24, 2.45) is 0 Å². The average molecular weight is 267 g/mol. The van der Waals surface area contributed by atoms with E-state index in [1.807, 2.05) is 0 Å². The quantitative estimate of drug-likeness (QED) is 0.830. The van der Waals surface area contributed by atoms with Crippen LogP contribution >= 0.6 is 11.6 Å². The van der Waals surface area contributed by atoms with E-state index in [9.17, 15) is 4.39 Å². The number of methoxy groups -OCH3 is 2. The van der Waals surface area contributed by atoms with Gasteiger partial charge in [-0.2, -0.15) is 0 Å². The Bertz CT molecular complexity index is 518. The topological polar surface area (TPSA) is 18.5 Å². The Morgan fingerprint density at radius 1 is 0.889 bits per heavy atom. The molecule has 0 saturated heterocycles. The minimum absolute atomic E-state index is 0.340. The molecule has 2 nitrogen and oxygen atoms in total. The summed E-state index contributed by atoms with van der Waals surface area (Å²) in [4.78, 5) is 0. The van der Waals surface area contributed by atoms with Gasteiger partial charge in [-0.1, -0.05) is 11.6 Å². The van der Waals surface area contributed by atoms with E-state index in [2.05, 4.69) is 0 Å². The zero-order chi connectivity index (χ0) is 13.1.